The van der Waals surface area contributed by atoms with E-state index in [1.807, 2.05) is 6.92 Å². The van der Waals surface area contributed by atoms with Gasteiger partial charge in [-0.3, -0.25) is 0 Å². The molecule has 0 unspecified atom stereocenters. The molecule has 108 valence electrons. The summed E-state index contributed by atoms with van der Waals surface area (Å²) in [7, 11) is 0. The molecule has 4 aliphatic rings. The van der Waals surface area contributed by atoms with Crippen LogP contribution in [0, 0.1) is 30.1 Å². The molecule has 3 N–H and O–H groups in total. The zero-order valence-corrected chi connectivity index (χ0v) is 12.4. The summed E-state index contributed by atoms with van der Waals surface area (Å²) < 4.78 is 0. The van der Waals surface area contributed by atoms with Crippen molar-refractivity contribution in [3.63, 3.8) is 0 Å². The van der Waals surface area contributed by atoms with Crippen LogP contribution in [-0.2, 0) is 0 Å². The van der Waals surface area contributed by atoms with Crippen LogP contribution < -0.4 is 11.1 Å². The van der Waals surface area contributed by atoms with E-state index in [1.165, 1.54) is 38.5 Å². The fraction of sp³-hybridized carbons (Fsp3) is 0.706. The fourth-order valence-corrected chi connectivity index (χ4v) is 5.45. The van der Waals surface area contributed by atoms with Crippen LogP contribution in [0.1, 0.15) is 44.1 Å². The molecule has 1 heterocycles. The second kappa shape index (κ2) is 4.37. The zero-order valence-electron chi connectivity index (χ0n) is 12.4. The van der Waals surface area contributed by atoms with Gasteiger partial charge >= 0.3 is 0 Å². The van der Waals surface area contributed by atoms with Gasteiger partial charge in [0.15, 0.2) is 0 Å². The summed E-state index contributed by atoms with van der Waals surface area (Å²) in [4.78, 5) is 4.42. The van der Waals surface area contributed by atoms with Gasteiger partial charge in [-0.15, -0.1) is 0 Å². The molecule has 0 aromatic carbocycles. The molecule has 1 aromatic rings. The van der Waals surface area contributed by atoms with Crippen LogP contribution in [0.3, 0.4) is 0 Å². The molecule has 4 bridgehead atoms. The molecule has 3 nitrogen and oxygen atoms in total. The molecule has 4 fully saturated rings. The summed E-state index contributed by atoms with van der Waals surface area (Å²) in [6, 6.07) is 2.08. The van der Waals surface area contributed by atoms with Gasteiger partial charge in [-0.25, -0.2) is 4.98 Å². The molecule has 0 radical (unpaired) electrons. The third-order valence-electron chi connectivity index (χ3n) is 5.96. The maximum absolute atomic E-state index is 5.84. The number of aryl methyl sites for hydroxylation is 1. The van der Waals surface area contributed by atoms with Gasteiger partial charge in [0.1, 0.15) is 5.82 Å². The second-order valence-electron chi connectivity index (χ2n) is 7.70. The van der Waals surface area contributed by atoms with Crippen LogP contribution in [0.25, 0.3) is 0 Å². The minimum absolute atomic E-state index is 0.561. The number of nitrogens with one attached hydrogen (secondary N) is 1. The first-order chi connectivity index (χ1) is 9.62. The molecule has 20 heavy (non-hydrogen) atoms. The summed E-state index contributed by atoms with van der Waals surface area (Å²) in [6.45, 7) is 3.15. The van der Waals surface area contributed by atoms with Crippen molar-refractivity contribution in [1.29, 1.82) is 0 Å². The number of hydrogen-bond acceptors (Lipinski definition) is 3. The lowest BCUT2D eigenvalue weighted by molar-refractivity contribution is -0.0444. The molecule has 4 aliphatic carbocycles. The first kappa shape index (κ1) is 12.5. The molecule has 0 saturated heterocycles. The normalized spacial score (nSPS) is 38.1. The molecule has 1 aromatic heterocycles. The highest BCUT2D eigenvalue weighted by atomic mass is 15.0. The Labute approximate surface area is 121 Å². The van der Waals surface area contributed by atoms with E-state index in [-0.39, 0.29) is 0 Å². The predicted octanol–water partition coefficient (Wildman–Crippen LogP) is 3.60. The van der Waals surface area contributed by atoms with Gasteiger partial charge in [0.05, 0.1) is 11.9 Å². The van der Waals surface area contributed by atoms with Gasteiger partial charge in [0.2, 0.25) is 0 Å². The van der Waals surface area contributed by atoms with Crippen LogP contribution in [-0.4, -0.2) is 11.5 Å². The maximum atomic E-state index is 5.84. The highest BCUT2D eigenvalue weighted by Crippen LogP contribution is 2.59. The van der Waals surface area contributed by atoms with E-state index in [0.717, 1.165) is 41.4 Å². The number of nitrogens with two attached hydrogens (primary N) is 1. The minimum atomic E-state index is 0.561. The van der Waals surface area contributed by atoms with Crippen molar-refractivity contribution in [2.75, 3.05) is 17.6 Å². The van der Waals surface area contributed by atoms with Gasteiger partial charge in [-0.2, -0.15) is 0 Å². The first-order valence-corrected chi connectivity index (χ1v) is 8.08. The van der Waals surface area contributed by atoms with E-state index in [9.17, 15) is 0 Å². The van der Waals surface area contributed by atoms with Gasteiger partial charge < -0.3 is 11.1 Å². The highest BCUT2D eigenvalue weighted by Gasteiger charge is 2.50. The number of pyridine rings is 1. The van der Waals surface area contributed by atoms with Gasteiger partial charge in [-0.1, -0.05) is 0 Å². The number of hydrogen-bond donors (Lipinski definition) is 2. The predicted molar refractivity (Wildman–Crippen MR) is 82.5 cm³/mol. The molecule has 5 rings (SSSR count). The molecule has 4 saturated carbocycles. The van der Waals surface area contributed by atoms with Crippen molar-refractivity contribution in [3.8, 4) is 0 Å². The third-order valence-corrected chi connectivity index (χ3v) is 5.96. The molecular formula is C17H25N3. The van der Waals surface area contributed by atoms with Crippen molar-refractivity contribution in [2.24, 2.45) is 23.2 Å². The second-order valence-corrected chi connectivity index (χ2v) is 7.70. The largest absolute Gasteiger partial charge is 0.397 e. The number of nitrogens with zero attached hydrogens (tertiary/aromatic N) is 1. The fourth-order valence-electron chi connectivity index (χ4n) is 5.45. The quantitative estimate of drug-likeness (QED) is 0.883. The van der Waals surface area contributed by atoms with Crippen molar-refractivity contribution >= 4 is 11.5 Å². The van der Waals surface area contributed by atoms with Crippen LogP contribution in [0.15, 0.2) is 12.3 Å². The van der Waals surface area contributed by atoms with Crippen molar-refractivity contribution in [3.05, 3.63) is 17.8 Å². The summed E-state index contributed by atoms with van der Waals surface area (Å²) in [5.41, 5.74) is 8.30. The zero-order chi connectivity index (χ0) is 13.7. The molecule has 0 atom stereocenters. The lowest BCUT2D eigenvalue weighted by Crippen LogP contribution is -2.49. The van der Waals surface area contributed by atoms with E-state index >= 15 is 0 Å². The third kappa shape index (κ3) is 2.07. The average molecular weight is 271 g/mol. The molecule has 0 amide bonds. The topological polar surface area (TPSA) is 50.9 Å². The molecular weight excluding hydrogens is 246 g/mol. The van der Waals surface area contributed by atoms with Crippen LogP contribution in [0.5, 0.6) is 0 Å². The highest BCUT2D eigenvalue weighted by molar-refractivity contribution is 5.50. The van der Waals surface area contributed by atoms with E-state index in [2.05, 4.69) is 16.4 Å². The Bertz CT molecular complexity index is 488. The maximum Gasteiger partial charge on any atom is 0.126 e. The van der Waals surface area contributed by atoms with E-state index in [4.69, 9.17) is 5.73 Å². The number of nitrogen functional groups attached to an aromatic ring is 1. The Balaban J connectivity index is 1.47. The Morgan fingerprint density at radius 1 is 1.20 bits per heavy atom. The Kier molecular flexibility index (Phi) is 2.73. The summed E-state index contributed by atoms with van der Waals surface area (Å²) in [6.07, 6.45) is 10.6. The standard InChI is InChI=1S/C17H25N3/c1-11-2-16(19-9-15(11)18)20-10-17-6-12-3-13(7-17)5-14(4-12)8-17/h2,9,12-14H,3-8,10,18H2,1H3,(H,19,20). The molecule has 0 aliphatic heterocycles. The number of aromatic nitrogens is 1. The van der Waals surface area contributed by atoms with E-state index < -0.39 is 0 Å². The molecule has 3 heteroatoms. The van der Waals surface area contributed by atoms with Crippen LogP contribution >= 0.6 is 0 Å². The Morgan fingerprint density at radius 3 is 2.35 bits per heavy atom. The molecule has 0 spiro atoms. The van der Waals surface area contributed by atoms with Crippen molar-refractivity contribution in [1.82, 2.24) is 4.98 Å². The minimum Gasteiger partial charge on any atom is -0.397 e. The lowest BCUT2D eigenvalue weighted by Gasteiger charge is -2.57. The summed E-state index contributed by atoms with van der Waals surface area (Å²) >= 11 is 0. The monoisotopic (exact) mass is 271 g/mol. The van der Waals surface area contributed by atoms with Crippen molar-refractivity contribution < 1.29 is 0 Å². The van der Waals surface area contributed by atoms with Crippen LogP contribution in [0.2, 0.25) is 0 Å². The summed E-state index contributed by atoms with van der Waals surface area (Å²) in [5, 5.41) is 3.60. The van der Waals surface area contributed by atoms with Crippen LogP contribution in [0.4, 0.5) is 11.5 Å². The first-order valence-electron chi connectivity index (χ1n) is 8.08. The SMILES string of the molecule is Cc1cc(NCC23CC4CC(CC(C4)C2)C3)ncc1N. The van der Waals surface area contributed by atoms with Crippen molar-refractivity contribution in [2.45, 2.75) is 45.4 Å². The number of rotatable bonds is 3. The Morgan fingerprint density at radius 2 is 1.80 bits per heavy atom. The number of anilines is 2. The van der Waals surface area contributed by atoms with E-state index in [1.54, 1.807) is 6.20 Å². The lowest BCUT2D eigenvalue weighted by atomic mass is 9.49. The van der Waals surface area contributed by atoms with E-state index in [0.29, 0.717) is 5.41 Å². The van der Waals surface area contributed by atoms with Gasteiger partial charge in [-0.05, 0) is 80.2 Å². The van der Waals surface area contributed by atoms with Gasteiger partial charge in [0, 0.05) is 6.54 Å². The average Bonchev–Trinajstić information content (AvgIpc) is 2.39. The smallest absolute Gasteiger partial charge is 0.126 e. The Hall–Kier alpha value is -1.25. The van der Waals surface area contributed by atoms with Gasteiger partial charge in [0.25, 0.3) is 0 Å². The summed E-state index contributed by atoms with van der Waals surface area (Å²) in [5.74, 6) is 4.05.